The Kier molecular flexibility index (Phi) is 10.0. The van der Waals surface area contributed by atoms with Crippen molar-refractivity contribution in [3.8, 4) is 5.75 Å². The molecule has 1 aromatic rings. The van der Waals surface area contributed by atoms with Crippen LogP contribution >= 0.6 is 11.8 Å². The summed E-state index contributed by atoms with van der Waals surface area (Å²) in [6.45, 7) is 4.59. The zero-order valence-corrected chi connectivity index (χ0v) is 23.3. The van der Waals surface area contributed by atoms with E-state index >= 15 is 0 Å². The van der Waals surface area contributed by atoms with Crippen molar-refractivity contribution in [1.82, 2.24) is 0 Å². The van der Waals surface area contributed by atoms with Gasteiger partial charge in [0.25, 0.3) is 0 Å². The molecule has 0 aliphatic heterocycles. The van der Waals surface area contributed by atoms with E-state index in [0.717, 1.165) is 43.6 Å². The molecule has 0 radical (unpaired) electrons. The Hall–Kier alpha value is -0.810. The summed E-state index contributed by atoms with van der Waals surface area (Å²) in [6.07, 6.45) is 11.0. The predicted molar refractivity (Wildman–Crippen MR) is 147 cm³/mol. The minimum absolute atomic E-state index is 0.0173. The lowest BCUT2D eigenvalue weighted by Crippen LogP contribution is -2.47. The van der Waals surface area contributed by atoms with E-state index in [9.17, 15) is 19.0 Å². The standard InChI is InChI=1S/C31H48F2O2S/c1-3-4-5-6-8-21(20-36-16-7-9-29(32)33)17-23-18-22-19-24(34)10-11-25(22)26-14-15-31(2)27(30(23)26)12-13-28(31)35/h10-11,19,21,23,26-30,34-35H,3-9,12-18,20H2,1-2H3/t21?,23?,26?,27?,28-,30?,31-/m0/s1. The molecule has 1 aromatic carbocycles. The van der Waals surface area contributed by atoms with E-state index < -0.39 is 6.43 Å². The van der Waals surface area contributed by atoms with Crippen molar-refractivity contribution in [2.24, 2.45) is 29.1 Å². The fourth-order valence-electron chi connectivity index (χ4n) is 8.12. The molecule has 204 valence electrons. The van der Waals surface area contributed by atoms with Gasteiger partial charge in [-0.25, -0.2) is 8.78 Å². The van der Waals surface area contributed by atoms with Crippen LogP contribution in [0.25, 0.3) is 0 Å². The minimum Gasteiger partial charge on any atom is -0.508 e. The number of hydrogen-bond donors (Lipinski definition) is 2. The van der Waals surface area contributed by atoms with Crippen LogP contribution in [-0.4, -0.2) is 34.2 Å². The third-order valence-corrected chi connectivity index (χ3v) is 11.3. The molecule has 0 bridgehead atoms. The van der Waals surface area contributed by atoms with Crippen molar-refractivity contribution in [3.63, 3.8) is 0 Å². The zero-order chi connectivity index (χ0) is 25.7. The van der Waals surface area contributed by atoms with Crippen molar-refractivity contribution in [2.75, 3.05) is 11.5 Å². The monoisotopic (exact) mass is 522 g/mol. The first-order valence-corrected chi connectivity index (χ1v) is 15.8. The van der Waals surface area contributed by atoms with Gasteiger partial charge in [0.05, 0.1) is 6.10 Å². The summed E-state index contributed by atoms with van der Waals surface area (Å²) in [5, 5.41) is 21.2. The van der Waals surface area contributed by atoms with Gasteiger partial charge in [-0.1, -0.05) is 45.6 Å². The predicted octanol–water partition coefficient (Wildman–Crippen LogP) is 8.59. The summed E-state index contributed by atoms with van der Waals surface area (Å²) in [7, 11) is 0. The van der Waals surface area contributed by atoms with E-state index in [2.05, 4.69) is 19.9 Å². The Morgan fingerprint density at radius 3 is 2.69 bits per heavy atom. The molecule has 36 heavy (non-hydrogen) atoms. The highest BCUT2D eigenvalue weighted by Gasteiger charge is 2.56. The second kappa shape index (κ2) is 12.8. The second-order valence-electron chi connectivity index (χ2n) is 12.3. The lowest BCUT2D eigenvalue weighted by Gasteiger charge is -2.53. The summed E-state index contributed by atoms with van der Waals surface area (Å²) in [5.41, 5.74) is 2.81. The summed E-state index contributed by atoms with van der Waals surface area (Å²) >= 11 is 1.88. The molecule has 2 N–H and O–H groups in total. The Bertz CT molecular complexity index is 833. The van der Waals surface area contributed by atoms with Crippen LogP contribution in [-0.2, 0) is 6.42 Å². The highest BCUT2D eigenvalue weighted by molar-refractivity contribution is 7.99. The lowest BCUT2D eigenvalue weighted by molar-refractivity contribution is -0.0412. The van der Waals surface area contributed by atoms with E-state index in [4.69, 9.17) is 0 Å². The van der Waals surface area contributed by atoms with Crippen LogP contribution in [0.3, 0.4) is 0 Å². The number of phenols is 1. The maximum Gasteiger partial charge on any atom is 0.238 e. The maximum atomic E-state index is 12.6. The Morgan fingerprint density at radius 2 is 1.92 bits per heavy atom. The van der Waals surface area contributed by atoms with Gasteiger partial charge in [-0.3, -0.25) is 0 Å². The highest BCUT2D eigenvalue weighted by Crippen LogP contribution is 2.63. The first-order chi connectivity index (χ1) is 17.3. The summed E-state index contributed by atoms with van der Waals surface area (Å²) in [5.74, 6) is 5.14. The number of aliphatic hydroxyl groups excluding tert-OH is 1. The number of rotatable bonds is 13. The van der Waals surface area contributed by atoms with Crippen molar-refractivity contribution >= 4 is 11.8 Å². The van der Waals surface area contributed by atoms with Crippen LogP contribution in [0.5, 0.6) is 5.75 Å². The van der Waals surface area contributed by atoms with Gasteiger partial charge in [-0.15, -0.1) is 0 Å². The van der Waals surface area contributed by atoms with Gasteiger partial charge in [0.1, 0.15) is 5.75 Å². The number of aromatic hydroxyl groups is 1. The van der Waals surface area contributed by atoms with Crippen LogP contribution < -0.4 is 0 Å². The Balaban J connectivity index is 1.52. The molecule has 2 fully saturated rings. The first kappa shape index (κ1) is 28.2. The molecule has 0 heterocycles. The molecule has 5 heteroatoms. The molecule has 0 spiro atoms. The summed E-state index contributed by atoms with van der Waals surface area (Å²) < 4.78 is 25.2. The Morgan fingerprint density at radius 1 is 1.08 bits per heavy atom. The average molecular weight is 523 g/mol. The van der Waals surface area contributed by atoms with Crippen LogP contribution in [0.4, 0.5) is 8.78 Å². The van der Waals surface area contributed by atoms with Crippen molar-refractivity contribution in [3.05, 3.63) is 29.3 Å². The van der Waals surface area contributed by atoms with Crippen LogP contribution in [0.2, 0.25) is 0 Å². The smallest absolute Gasteiger partial charge is 0.238 e. The third kappa shape index (κ3) is 6.42. The molecule has 4 rings (SSSR count). The fourth-order valence-corrected chi connectivity index (χ4v) is 9.30. The second-order valence-corrected chi connectivity index (χ2v) is 13.5. The van der Waals surface area contributed by atoms with Crippen LogP contribution in [0.15, 0.2) is 18.2 Å². The molecular weight excluding hydrogens is 474 g/mol. The number of benzene rings is 1. The van der Waals surface area contributed by atoms with Gasteiger partial charge in [-0.2, -0.15) is 11.8 Å². The van der Waals surface area contributed by atoms with Crippen molar-refractivity contribution in [2.45, 2.75) is 116 Å². The number of fused-ring (bicyclic) bond motifs is 5. The Labute approximate surface area is 222 Å². The number of unbranched alkanes of at least 4 members (excludes halogenated alkanes) is 3. The molecule has 5 unspecified atom stereocenters. The molecule has 7 atom stereocenters. The molecule has 3 aliphatic rings. The van der Waals surface area contributed by atoms with Gasteiger partial charge in [-0.05, 0) is 121 Å². The fraction of sp³-hybridized carbons (Fsp3) is 0.806. The van der Waals surface area contributed by atoms with Gasteiger partial charge < -0.3 is 10.2 Å². The quantitative estimate of drug-likeness (QED) is 0.255. The number of halogens is 2. The largest absolute Gasteiger partial charge is 0.508 e. The van der Waals surface area contributed by atoms with Gasteiger partial charge >= 0.3 is 0 Å². The minimum atomic E-state index is -2.19. The van der Waals surface area contributed by atoms with Gasteiger partial charge in [0.2, 0.25) is 6.43 Å². The third-order valence-electron chi connectivity index (χ3n) is 10.0. The van der Waals surface area contributed by atoms with Crippen molar-refractivity contribution < 1.29 is 19.0 Å². The number of aliphatic hydroxyl groups is 1. The molecule has 0 saturated heterocycles. The van der Waals surface area contributed by atoms with Crippen LogP contribution in [0.1, 0.15) is 108 Å². The zero-order valence-electron chi connectivity index (χ0n) is 22.4. The topological polar surface area (TPSA) is 40.5 Å². The first-order valence-electron chi connectivity index (χ1n) is 14.7. The average Bonchev–Trinajstić information content (AvgIpc) is 3.15. The lowest BCUT2D eigenvalue weighted by atomic mass is 9.51. The van der Waals surface area contributed by atoms with Gasteiger partial charge in [0.15, 0.2) is 0 Å². The van der Waals surface area contributed by atoms with Crippen LogP contribution in [0, 0.1) is 29.1 Å². The molecule has 3 aliphatic carbocycles. The summed E-state index contributed by atoms with van der Waals surface area (Å²) in [6, 6.07) is 6.04. The van der Waals surface area contributed by atoms with E-state index in [-0.39, 0.29) is 17.9 Å². The molecule has 2 nitrogen and oxygen atoms in total. The number of phenolic OH excluding ortho intramolecular Hbond substituents is 1. The molecule has 0 aromatic heterocycles. The number of alkyl halides is 2. The van der Waals surface area contributed by atoms with E-state index in [1.165, 1.54) is 49.7 Å². The molecule has 2 saturated carbocycles. The molecular formula is C31H48F2O2S. The molecule has 0 amide bonds. The van der Waals surface area contributed by atoms with Crippen molar-refractivity contribution in [1.29, 1.82) is 0 Å². The summed E-state index contributed by atoms with van der Waals surface area (Å²) in [4.78, 5) is 0. The normalized spacial score (nSPS) is 32.2. The van der Waals surface area contributed by atoms with E-state index in [1.807, 2.05) is 23.9 Å². The van der Waals surface area contributed by atoms with Gasteiger partial charge in [0, 0.05) is 6.42 Å². The van der Waals surface area contributed by atoms with E-state index in [1.54, 1.807) is 0 Å². The highest BCUT2D eigenvalue weighted by atomic mass is 32.2. The number of thioether (sulfide) groups is 1. The van der Waals surface area contributed by atoms with E-state index in [0.29, 0.717) is 41.8 Å². The maximum absolute atomic E-state index is 12.6. The number of hydrogen-bond acceptors (Lipinski definition) is 3. The SMILES string of the molecule is CCCCCCC(CSCCCC(F)F)CC1Cc2cc(O)ccc2C2CC[C@@]3(C)C(CC[C@@H]3O)C12.